The van der Waals surface area contributed by atoms with Gasteiger partial charge in [-0.15, -0.1) is 0 Å². The van der Waals surface area contributed by atoms with Crippen molar-refractivity contribution >= 4 is 22.1 Å². The summed E-state index contributed by atoms with van der Waals surface area (Å²) in [5.74, 6) is -0.593. The number of hydrogen-bond donors (Lipinski definition) is 3. The van der Waals surface area contributed by atoms with E-state index in [4.69, 9.17) is 14.3 Å². The maximum Gasteiger partial charge on any atom is 0.408 e. The predicted octanol–water partition coefficient (Wildman–Crippen LogP) is 3.97. The third-order valence-electron chi connectivity index (χ3n) is 5.61. The number of oxazole rings is 1. The van der Waals surface area contributed by atoms with E-state index in [9.17, 15) is 23.1 Å². The minimum atomic E-state index is -3.86. The van der Waals surface area contributed by atoms with Crippen molar-refractivity contribution in [3.8, 4) is 22.6 Å². The molecule has 0 aliphatic rings. The lowest BCUT2D eigenvalue weighted by Gasteiger charge is -2.13. The van der Waals surface area contributed by atoms with Crippen LogP contribution in [0.4, 0.5) is 4.79 Å². The second-order valence-electron chi connectivity index (χ2n) is 8.36. The zero-order valence-corrected chi connectivity index (χ0v) is 20.9. The number of primary sulfonamides is 1. The first-order valence-electron chi connectivity index (χ1n) is 11.6. The first-order chi connectivity index (χ1) is 18.2. The van der Waals surface area contributed by atoms with Crippen LogP contribution in [0, 0.1) is 0 Å². The van der Waals surface area contributed by atoms with Crippen LogP contribution in [0.2, 0.25) is 0 Å². The van der Waals surface area contributed by atoms with E-state index in [1.54, 1.807) is 36.4 Å². The highest BCUT2D eigenvalue weighted by atomic mass is 32.2. The van der Waals surface area contributed by atoms with E-state index in [0.29, 0.717) is 17.0 Å². The lowest BCUT2D eigenvalue weighted by Crippen LogP contribution is -2.41. The summed E-state index contributed by atoms with van der Waals surface area (Å²) in [4.78, 5) is 28.5. The van der Waals surface area contributed by atoms with E-state index in [2.05, 4.69) is 10.3 Å². The Kier molecular flexibility index (Phi) is 8.19. The fourth-order valence-corrected chi connectivity index (χ4v) is 4.20. The number of nitrogens with two attached hydrogens (primary N) is 1. The molecule has 0 bridgehead atoms. The Labute approximate surface area is 219 Å². The fourth-order valence-electron chi connectivity index (χ4n) is 3.69. The van der Waals surface area contributed by atoms with Crippen LogP contribution in [-0.4, -0.2) is 36.6 Å². The number of carboxylic acids is 1. The summed E-state index contributed by atoms with van der Waals surface area (Å²) in [6.07, 6.45) is -0.756. The lowest BCUT2D eigenvalue weighted by molar-refractivity contribution is -0.139. The highest BCUT2D eigenvalue weighted by Gasteiger charge is 2.23. The topological polar surface area (TPSA) is 162 Å². The lowest BCUT2D eigenvalue weighted by atomic mass is 10.1. The Balaban J connectivity index is 1.50. The number of aliphatic carboxylic acids is 1. The van der Waals surface area contributed by atoms with Crippen LogP contribution in [0.1, 0.15) is 17.9 Å². The number of rotatable bonds is 10. The number of carbonyl (C=O) groups excluding carboxylic acids is 1. The number of benzene rings is 3. The van der Waals surface area contributed by atoms with Crippen LogP contribution in [0.15, 0.2) is 94.2 Å². The maximum atomic E-state index is 12.2. The first-order valence-corrected chi connectivity index (χ1v) is 13.1. The van der Waals surface area contributed by atoms with E-state index in [1.165, 1.54) is 12.1 Å². The Morgan fingerprint density at radius 3 is 2.18 bits per heavy atom. The van der Waals surface area contributed by atoms with Crippen LogP contribution >= 0.6 is 0 Å². The monoisotopic (exact) mass is 535 g/mol. The number of amides is 1. The van der Waals surface area contributed by atoms with Crippen molar-refractivity contribution < 1.29 is 32.3 Å². The van der Waals surface area contributed by atoms with Gasteiger partial charge in [-0.1, -0.05) is 60.7 Å². The number of hydrogen-bond acceptors (Lipinski definition) is 7. The van der Waals surface area contributed by atoms with Crippen LogP contribution in [-0.2, 0) is 32.6 Å². The van der Waals surface area contributed by atoms with Gasteiger partial charge >= 0.3 is 12.1 Å². The zero-order chi connectivity index (χ0) is 27.1. The van der Waals surface area contributed by atoms with E-state index < -0.39 is 28.1 Å². The third kappa shape index (κ3) is 6.84. The quantitative estimate of drug-likeness (QED) is 0.275. The van der Waals surface area contributed by atoms with Gasteiger partial charge < -0.3 is 19.6 Å². The minimum absolute atomic E-state index is 0.00565. The first kappa shape index (κ1) is 26.6. The maximum absolute atomic E-state index is 12.2. The number of carboxylic acid groups (broad SMARTS) is 1. The highest BCUT2D eigenvalue weighted by molar-refractivity contribution is 7.89. The molecule has 11 heteroatoms. The Hall–Kier alpha value is -4.48. The van der Waals surface area contributed by atoms with Gasteiger partial charge in [0.25, 0.3) is 0 Å². The molecule has 0 radical (unpaired) electrons. The molecule has 1 atom stereocenters. The average molecular weight is 536 g/mol. The molecule has 1 aromatic heterocycles. The van der Waals surface area contributed by atoms with Crippen molar-refractivity contribution in [2.24, 2.45) is 5.14 Å². The minimum Gasteiger partial charge on any atom is -0.480 e. The molecule has 38 heavy (non-hydrogen) atoms. The summed E-state index contributed by atoms with van der Waals surface area (Å²) in [7, 11) is -3.86. The van der Waals surface area contributed by atoms with Crippen LogP contribution in [0.3, 0.4) is 0 Å². The summed E-state index contributed by atoms with van der Waals surface area (Å²) in [5.41, 5.74) is 2.59. The molecule has 196 valence electrons. The van der Waals surface area contributed by atoms with Crippen LogP contribution in [0.25, 0.3) is 22.6 Å². The molecule has 4 aromatic rings. The molecular weight excluding hydrogens is 510 g/mol. The SMILES string of the molecule is NS(=O)(=O)c1ccc(-c2oc(CC[C@@H](NC(=O)OCc3ccccc3)C(=O)O)nc2-c2ccccc2)cc1. The predicted molar refractivity (Wildman–Crippen MR) is 138 cm³/mol. The summed E-state index contributed by atoms with van der Waals surface area (Å²) >= 11 is 0. The van der Waals surface area contributed by atoms with Gasteiger partial charge in [-0.2, -0.15) is 0 Å². The number of nitrogens with zero attached hydrogens (tertiary/aromatic N) is 1. The normalized spacial score (nSPS) is 12.0. The van der Waals surface area contributed by atoms with Gasteiger partial charge in [0.15, 0.2) is 11.7 Å². The molecule has 4 N–H and O–H groups in total. The number of sulfonamides is 1. The number of nitrogens with one attached hydrogen (secondary N) is 1. The molecule has 0 fully saturated rings. The number of carbonyl (C=O) groups is 2. The van der Waals surface area contributed by atoms with Crippen molar-refractivity contribution in [3.05, 3.63) is 96.4 Å². The number of alkyl carbamates (subject to hydrolysis) is 1. The molecule has 0 unspecified atom stereocenters. The van der Waals surface area contributed by atoms with Gasteiger partial charge in [0.05, 0.1) is 4.90 Å². The summed E-state index contributed by atoms with van der Waals surface area (Å²) < 4.78 is 34.4. The molecule has 10 nitrogen and oxygen atoms in total. The van der Waals surface area contributed by atoms with Gasteiger partial charge in [-0.05, 0) is 36.2 Å². The second-order valence-corrected chi connectivity index (χ2v) is 9.92. The fraction of sp³-hybridized carbons (Fsp3) is 0.148. The Morgan fingerprint density at radius 1 is 0.947 bits per heavy atom. The molecule has 1 heterocycles. The van der Waals surface area contributed by atoms with E-state index in [-0.39, 0.29) is 30.2 Å². The smallest absolute Gasteiger partial charge is 0.408 e. The van der Waals surface area contributed by atoms with E-state index in [0.717, 1.165) is 11.1 Å². The number of aryl methyl sites for hydroxylation is 1. The second kappa shape index (κ2) is 11.7. The molecule has 4 rings (SSSR count). The molecule has 3 aromatic carbocycles. The largest absolute Gasteiger partial charge is 0.480 e. The van der Waals surface area contributed by atoms with Crippen molar-refractivity contribution in [2.45, 2.75) is 30.4 Å². The van der Waals surface area contributed by atoms with Gasteiger partial charge in [-0.25, -0.2) is 28.1 Å². The van der Waals surface area contributed by atoms with Gasteiger partial charge in [0, 0.05) is 17.5 Å². The average Bonchev–Trinajstić information content (AvgIpc) is 3.35. The zero-order valence-electron chi connectivity index (χ0n) is 20.1. The number of ether oxygens (including phenoxy) is 1. The van der Waals surface area contributed by atoms with Crippen LogP contribution < -0.4 is 10.5 Å². The van der Waals surface area contributed by atoms with Gasteiger partial charge in [-0.3, -0.25) is 0 Å². The molecule has 0 saturated carbocycles. The summed E-state index contributed by atoms with van der Waals surface area (Å²) in [5, 5.41) is 17.2. The van der Waals surface area contributed by atoms with E-state index in [1.807, 2.05) is 36.4 Å². The van der Waals surface area contributed by atoms with Crippen molar-refractivity contribution in [2.75, 3.05) is 0 Å². The Morgan fingerprint density at radius 2 is 1.58 bits per heavy atom. The Bertz CT molecular complexity index is 1500. The standard InChI is InChI=1S/C27H25N3O7S/c28-38(34,35)21-13-11-20(12-14-21)25-24(19-9-5-2-6-10-19)30-23(37-25)16-15-22(26(31)32)29-27(33)36-17-18-7-3-1-4-8-18/h1-14,22H,15-17H2,(H,29,33)(H,31,32)(H2,28,34,35)/t22-/m1/s1. The van der Waals surface area contributed by atoms with Crippen molar-refractivity contribution in [3.63, 3.8) is 0 Å². The summed E-state index contributed by atoms with van der Waals surface area (Å²) in [6.45, 7) is 0.00674. The van der Waals surface area contributed by atoms with Gasteiger partial charge in [0.1, 0.15) is 18.3 Å². The number of aromatic nitrogens is 1. The molecule has 0 saturated heterocycles. The molecule has 1 amide bonds. The summed E-state index contributed by atoms with van der Waals surface area (Å²) in [6, 6.07) is 22.8. The molecular formula is C27H25N3O7S. The van der Waals surface area contributed by atoms with Crippen molar-refractivity contribution in [1.29, 1.82) is 0 Å². The van der Waals surface area contributed by atoms with Crippen molar-refractivity contribution in [1.82, 2.24) is 10.3 Å². The van der Waals surface area contributed by atoms with Gasteiger partial charge in [0.2, 0.25) is 10.0 Å². The molecule has 0 aliphatic heterocycles. The highest BCUT2D eigenvalue weighted by Crippen LogP contribution is 2.33. The molecule has 0 spiro atoms. The van der Waals surface area contributed by atoms with E-state index >= 15 is 0 Å². The molecule has 0 aliphatic carbocycles. The van der Waals surface area contributed by atoms with Crippen LogP contribution in [0.5, 0.6) is 0 Å². The third-order valence-corrected chi connectivity index (χ3v) is 6.54.